The van der Waals surface area contributed by atoms with Gasteiger partial charge in [-0.1, -0.05) is 0 Å². The van der Waals surface area contributed by atoms with Crippen LogP contribution < -0.4 is 5.32 Å². The molecule has 2 fully saturated rings. The van der Waals surface area contributed by atoms with Crippen LogP contribution in [0.1, 0.15) is 15.9 Å². The van der Waals surface area contributed by atoms with Gasteiger partial charge in [-0.2, -0.15) is 13.2 Å². The molecule has 2 aliphatic heterocycles. The summed E-state index contributed by atoms with van der Waals surface area (Å²) in [5, 5.41) is 3.21. The van der Waals surface area contributed by atoms with E-state index in [0.29, 0.717) is 31.0 Å². The van der Waals surface area contributed by atoms with Crippen molar-refractivity contribution in [1.82, 2.24) is 10.2 Å². The Balaban J connectivity index is 1.83. The lowest BCUT2D eigenvalue weighted by molar-refractivity contribution is -0.137. The number of benzene rings is 1. The van der Waals surface area contributed by atoms with Gasteiger partial charge in [-0.15, -0.1) is 0 Å². The van der Waals surface area contributed by atoms with E-state index >= 15 is 0 Å². The van der Waals surface area contributed by atoms with Gasteiger partial charge in [-0.25, -0.2) is 4.39 Å². The zero-order valence-electron chi connectivity index (χ0n) is 11.1. The van der Waals surface area contributed by atoms with Crippen molar-refractivity contribution < 1.29 is 22.4 Å². The highest BCUT2D eigenvalue weighted by Crippen LogP contribution is 2.32. The maximum Gasteiger partial charge on any atom is 0.416 e. The number of likely N-dealkylation sites (tertiary alicyclic amines) is 1. The van der Waals surface area contributed by atoms with Crippen molar-refractivity contribution in [3.63, 3.8) is 0 Å². The van der Waals surface area contributed by atoms with Crippen LogP contribution in [0.15, 0.2) is 18.2 Å². The molecule has 0 unspecified atom stereocenters. The first-order valence-corrected chi connectivity index (χ1v) is 6.72. The van der Waals surface area contributed by atoms with E-state index in [1.165, 1.54) is 4.90 Å². The van der Waals surface area contributed by atoms with Crippen molar-refractivity contribution in [2.75, 3.05) is 26.2 Å². The van der Waals surface area contributed by atoms with E-state index in [4.69, 9.17) is 0 Å². The van der Waals surface area contributed by atoms with Gasteiger partial charge >= 0.3 is 6.18 Å². The molecule has 3 nitrogen and oxygen atoms in total. The fourth-order valence-electron chi connectivity index (χ4n) is 3.08. The van der Waals surface area contributed by atoms with Gasteiger partial charge in [0.25, 0.3) is 5.91 Å². The summed E-state index contributed by atoms with van der Waals surface area (Å²) in [4.78, 5) is 13.8. The summed E-state index contributed by atoms with van der Waals surface area (Å²) in [6.45, 7) is 2.64. The molecule has 21 heavy (non-hydrogen) atoms. The van der Waals surface area contributed by atoms with Crippen LogP contribution in [-0.4, -0.2) is 37.0 Å². The number of hydrogen-bond donors (Lipinski definition) is 1. The van der Waals surface area contributed by atoms with E-state index in [1.54, 1.807) is 0 Å². The van der Waals surface area contributed by atoms with Crippen LogP contribution in [0, 0.1) is 17.7 Å². The topological polar surface area (TPSA) is 32.3 Å². The van der Waals surface area contributed by atoms with Gasteiger partial charge < -0.3 is 10.2 Å². The standard InChI is InChI=1S/C14H14F4N2O/c15-12-2-8(1-11(3-12)14(16,17)18)13(21)20-6-9-4-19-5-10(9)7-20/h1-3,9-10,19H,4-7H2/t9-,10+. The van der Waals surface area contributed by atoms with Crippen molar-refractivity contribution in [1.29, 1.82) is 0 Å². The molecule has 1 amide bonds. The summed E-state index contributed by atoms with van der Waals surface area (Å²) in [5.74, 6) is -0.905. The van der Waals surface area contributed by atoms with Crippen molar-refractivity contribution in [2.45, 2.75) is 6.18 Å². The first-order valence-electron chi connectivity index (χ1n) is 6.72. The number of rotatable bonds is 1. The molecule has 1 aromatic carbocycles. The number of amides is 1. The molecular formula is C14H14F4N2O. The second-order valence-corrected chi connectivity index (χ2v) is 5.61. The van der Waals surface area contributed by atoms with E-state index in [1.807, 2.05) is 0 Å². The van der Waals surface area contributed by atoms with Crippen LogP contribution in [0.2, 0.25) is 0 Å². The molecule has 0 aliphatic carbocycles. The Morgan fingerprint density at radius 3 is 2.33 bits per heavy atom. The van der Waals surface area contributed by atoms with Crippen LogP contribution >= 0.6 is 0 Å². The maximum absolute atomic E-state index is 13.4. The van der Waals surface area contributed by atoms with Gasteiger partial charge in [-0.05, 0) is 30.0 Å². The highest BCUT2D eigenvalue weighted by atomic mass is 19.4. The summed E-state index contributed by atoms with van der Waals surface area (Å²) in [6, 6.07) is 1.99. The van der Waals surface area contributed by atoms with Gasteiger partial charge in [-0.3, -0.25) is 4.79 Å². The third-order valence-corrected chi connectivity index (χ3v) is 4.15. The number of fused-ring (bicyclic) bond motifs is 1. The van der Waals surface area contributed by atoms with E-state index in [2.05, 4.69) is 5.32 Å². The monoisotopic (exact) mass is 302 g/mol. The number of nitrogens with zero attached hydrogens (tertiary/aromatic N) is 1. The number of alkyl halides is 3. The van der Waals surface area contributed by atoms with E-state index in [0.717, 1.165) is 25.2 Å². The minimum atomic E-state index is -4.66. The lowest BCUT2D eigenvalue weighted by Crippen LogP contribution is -2.32. The van der Waals surface area contributed by atoms with Crippen molar-refractivity contribution in [3.05, 3.63) is 35.1 Å². The molecule has 0 bridgehead atoms. The Bertz CT molecular complexity index is 561. The second kappa shape index (κ2) is 4.98. The van der Waals surface area contributed by atoms with E-state index in [-0.39, 0.29) is 5.56 Å². The highest BCUT2D eigenvalue weighted by molar-refractivity contribution is 5.94. The molecule has 2 atom stereocenters. The van der Waals surface area contributed by atoms with Crippen LogP contribution in [0.4, 0.5) is 17.6 Å². The number of carbonyl (C=O) groups excluding carboxylic acids is 1. The Morgan fingerprint density at radius 1 is 1.14 bits per heavy atom. The van der Waals surface area contributed by atoms with Crippen LogP contribution in [0.25, 0.3) is 0 Å². The Hall–Kier alpha value is -1.63. The molecule has 0 radical (unpaired) electrons. The number of nitrogens with one attached hydrogen (secondary N) is 1. The summed E-state index contributed by atoms with van der Waals surface area (Å²) in [5.41, 5.74) is -1.37. The summed E-state index contributed by atoms with van der Waals surface area (Å²) in [7, 11) is 0. The van der Waals surface area contributed by atoms with E-state index < -0.39 is 23.5 Å². The maximum atomic E-state index is 13.4. The Labute approximate surface area is 118 Å². The second-order valence-electron chi connectivity index (χ2n) is 5.61. The number of carbonyl (C=O) groups is 1. The molecule has 1 aromatic rings. The normalized spacial score (nSPS) is 25.2. The molecule has 2 heterocycles. The van der Waals surface area contributed by atoms with Crippen LogP contribution in [0.5, 0.6) is 0 Å². The summed E-state index contributed by atoms with van der Waals surface area (Å²) >= 11 is 0. The average molecular weight is 302 g/mol. The molecule has 2 saturated heterocycles. The molecule has 0 spiro atoms. The zero-order chi connectivity index (χ0) is 15.2. The number of hydrogen-bond acceptors (Lipinski definition) is 2. The van der Waals surface area contributed by atoms with Gasteiger partial charge in [0.15, 0.2) is 0 Å². The SMILES string of the molecule is O=C(c1cc(F)cc(C(F)(F)F)c1)N1C[C@H]2CNC[C@H]2C1. The molecule has 0 saturated carbocycles. The Morgan fingerprint density at radius 2 is 1.76 bits per heavy atom. The molecule has 7 heteroatoms. The molecule has 1 N–H and O–H groups in total. The molecular weight excluding hydrogens is 288 g/mol. The van der Waals surface area contributed by atoms with Crippen LogP contribution in [-0.2, 0) is 6.18 Å². The van der Waals surface area contributed by atoms with Gasteiger partial charge in [0.1, 0.15) is 5.82 Å². The average Bonchev–Trinajstić information content (AvgIpc) is 2.96. The quantitative estimate of drug-likeness (QED) is 0.806. The van der Waals surface area contributed by atoms with E-state index in [9.17, 15) is 22.4 Å². The predicted molar refractivity (Wildman–Crippen MR) is 67.2 cm³/mol. The zero-order valence-corrected chi connectivity index (χ0v) is 11.1. The third-order valence-electron chi connectivity index (χ3n) is 4.15. The smallest absolute Gasteiger partial charge is 0.338 e. The van der Waals surface area contributed by atoms with Crippen molar-refractivity contribution in [3.8, 4) is 0 Å². The van der Waals surface area contributed by atoms with Crippen LogP contribution in [0.3, 0.4) is 0 Å². The largest absolute Gasteiger partial charge is 0.416 e. The lowest BCUT2D eigenvalue weighted by Gasteiger charge is -2.18. The summed E-state index contributed by atoms with van der Waals surface area (Å²) < 4.78 is 51.4. The van der Waals surface area contributed by atoms with Crippen molar-refractivity contribution in [2.24, 2.45) is 11.8 Å². The third kappa shape index (κ3) is 2.74. The fourth-order valence-corrected chi connectivity index (χ4v) is 3.08. The highest BCUT2D eigenvalue weighted by Gasteiger charge is 2.39. The molecule has 114 valence electrons. The molecule has 3 rings (SSSR count). The first-order chi connectivity index (χ1) is 9.84. The lowest BCUT2D eigenvalue weighted by atomic mass is 10.0. The Kier molecular flexibility index (Phi) is 3.39. The minimum absolute atomic E-state index is 0.241. The molecule has 2 aliphatic rings. The minimum Gasteiger partial charge on any atom is -0.338 e. The fraction of sp³-hybridized carbons (Fsp3) is 0.500. The molecule has 0 aromatic heterocycles. The summed E-state index contributed by atoms with van der Waals surface area (Å²) in [6.07, 6.45) is -4.66. The number of halogens is 4. The first kappa shape index (κ1) is 14.3. The van der Waals surface area contributed by atoms with Crippen molar-refractivity contribution >= 4 is 5.91 Å². The predicted octanol–water partition coefficient (Wildman–Crippen LogP) is 2.14. The van der Waals surface area contributed by atoms with Gasteiger partial charge in [0.2, 0.25) is 0 Å². The van der Waals surface area contributed by atoms with Gasteiger partial charge in [0, 0.05) is 31.7 Å². The van der Waals surface area contributed by atoms with Gasteiger partial charge in [0.05, 0.1) is 5.56 Å².